The molecule has 0 spiro atoms. The summed E-state index contributed by atoms with van der Waals surface area (Å²) in [4.78, 5) is 10.7. The number of hydrogen-bond donors (Lipinski definition) is 1. The average molecular weight is 365 g/mol. The van der Waals surface area contributed by atoms with E-state index in [4.69, 9.17) is 4.42 Å². The van der Waals surface area contributed by atoms with Gasteiger partial charge in [-0.3, -0.25) is 10.1 Å². The van der Waals surface area contributed by atoms with Gasteiger partial charge >= 0.3 is 0 Å². The molecule has 1 N–H and O–H groups in total. The largest absolute Gasteiger partial charge is 0.469 e. The number of nitrogens with one attached hydrogen (secondary N) is 1. The lowest BCUT2D eigenvalue weighted by molar-refractivity contribution is -0.384. The fraction of sp³-hybridized carbons (Fsp3) is 0.375. The number of hydrogen-bond acceptors (Lipinski definition) is 6. The van der Waals surface area contributed by atoms with Gasteiger partial charge in [0.15, 0.2) is 0 Å². The average Bonchev–Trinajstić information content (AvgIpc) is 3.28. The predicted octanol–water partition coefficient (Wildman–Crippen LogP) is 2.63. The third-order valence-corrected chi connectivity index (χ3v) is 6.03. The molecule has 0 amide bonds. The van der Waals surface area contributed by atoms with Gasteiger partial charge in [-0.1, -0.05) is 0 Å². The van der Waals surface area contributed by atoms with Crippen LogP contribution >= 0.6 is 0 Å². The van der Waals surface area contributed by atoms with Crippen molar-refractivity contribution in [3.05, 3.63) is 52.5 Å². The zero-order valence-corrected chi connectivity index (χ0v) is 14.4. The smallest absolute Gasteiger partial charge is 0.293 e. The zero-order chi connectivity index (χ0) is 17.9. The van der Waals surface area contributed by atoms with E-state index < -0.39 is 14.9 Å². The van der Waals surface area contributed by atoms with Crippen molar-refractivity contribution >= 4 is 21.4 Å². The second-order valence-electron chi connectivity index (χ2n) is 5.80. The summed E-state index contributed by atoms with van der Waals surface area (Å²) in [5, 5.41) is 14.3. The van der Waals surface area contributed by atoms with Gasteiger partial charge in [-0.25, -0.2) is 8.42 Å². The van der Waals surface area contributed by atoms with E-state index in [0.717, 1.165) is 24.7 Å². The highest BCUT2D eigenvalue weighted by atomic mass is 32.2. The summed E-state index contributed by atoms with van der Waals surface area (Å²) in [7, 11) is -3.68. The monoisotopic (exact) mass is 365 g/mol. The highest BCUT2D eigenvalue weighted by molar-refractivity contribution is 7.89. The van der Waals surface area contributed by atoms with Crippen LogP contribution in [-0.2, 0) is 16.4 Å². The minimum absolute atomic E-state index is 0.0438. The highest BCUT2D eigenvalue weighted by Crippen LogP contribution is 2.30. The molecule has 1 aromatic heterocycles. The van der Waals surface area contributed by atoms with Crippen molar-refractivity contribution in [3.63, 3.8) is 0 Å². The quantitative estimate of drug-likeness (QED) is 0.597. The Morgan fingerprint density at radius 3 is 2.64 bits per heavy atom. The summed E-state index contributed by atoms with van der Waals surface area (Å²) in [6.07, 6.45) is 3.76. The zero-order valence-electron chi connectivity index (χ0n) is 13.6. The van der Waals surface area contributed by atoms with Gasteiger partial charge in [0.25, 0.3) is 5.69 Å². The van der Waals surface area contributed by atoms with E-state index in [9.17, 15) is 18.5 Å². The molecule has 8 nitrogen and oxygen atoms in total. The Kier molecular flexibility index (Phi) is 5.05. The Bertz CT molecular complexity index is 843. The van der Waals surface area contributed by atoms with E-state index in [1.807, 2.05) is 6.07 Å². The van der Waals surface area contributed by atoms with Crippen LogP contribution in [0.15, 0.2) is 45.9 Å². The van der Waals surface area contributed by atoms with Gasteiger partial charge in [-0.2, -0.15) is 4.31 Å². The van der Waals surface area contributed by atoms with Crippen molar-refractivity contribution in [1.29, 1.82) is 0 Å². The van der Waals surface area contributed by atoms with Gasteiger partial charge in [0.1, 0.15) is 11.4 Å². The van der Waals surface area contributed by atoms with Gasteiger partial charge in [0.2, 0.25) is 10.0 Å². The molecule has 2 aromatic rings. The van der Waals surface area contributed by atoms with Crippen molar-refractivity contribution in [3.8, 4) is 0 Å². The summed E-state index contributed by atoms with van der Waals surface area (Å²) in [5.74, 6) is 0.767. The number of nitrogens with zero attached hydrogens (tertiary/aromatic N) is 2. The van der Waals surface area contributed by atoms with E-state index in [1.54, 1.807) is 12.3 Å². The Morgan fingerprint density at radius 1 is 1.24 bits per heavy atom. The predicted molar refractivity (Wildman–Crippen MR) is 92.0 cm³/mol. The number of furan rings is 1. The van der Waals surface area contributed by atoms with Crippen LogP contribution in [0.25, 0.3) is 0 Å². The Hall–Kier alpha value is -2.39. The summed E-state index contributed by atoms with van der Waals surface area (Å²) in [6, 6.07) is 7.58. The van der Waals surface area contributed by atoms with Crippen LogP contribution in [0.3, 0.4) is 0 Å². The summed E-state index contributed by atoms with van der Waals surface area (Å²) < 4.78 is 31.7. The lowest BCUT2D eigenvalue weighted by Crippen LogP contribution is -2.27. The van der Waals surface area contributed by atoms with E-state index in [1.165, 1.54) is 16.4 Å². The molecule has 1 fully saturated rings. The Labute approximate surface area is 145 Å². The maximum absolute atomic E-state index is 12.6. The normalized spacial score (nSPS) is 15.4. The first-order valence-corrected chi connectivity index (χ1v) is 9.47. The molecule has 3 rings (SSSR count). The minimum Gasteiger partial charge on any atom is -0.469 e. The van der Waals surface area contributed by atoms with Gasteiger partial charge in [0, 0.05) is 32.1 Å². The molecule has 0 unspecified atom stereocenters. The first-order valence-electron chi connectivity index (χ1n) is 8.03. The molecule has 0 aliphatic carbocycles. The Morgan fingerprint density at radius 2 is 2.00 bits per heavy atom. The van der Waals surface area contributed by atoms with Crippen LogP contribution in [0, 0.1) is 10.1 Å². The number of nitro groups is 1. The molecule has 1 aromatic carbocycles. The number of benzene rings is 1. The third kappa shape index (κ3) is 3.83. The molecule has 0 bridgehead atoms. The third-order valence-electron chi connectivity index (χ3n) is 4.14. The fourth-order valence-electron chi connectivity index (χ4n) is 2.83. The molecule has 0 atom stereocenters. The Balaban J connectivity index is 1.79. The van der Waals surface area contributed by atoms with Crippen LogP contribution in [-0.4, -0.2) is 37.3 Å². The van der Waals surface area contributed by atoms with Gasteiger partial charge in [0.05, 0.1) is 16.1 Å². The van der Waals surface area contributed by atoms with E-state index in [2.05, 4.69) is 5.32 Å². The number of sulfonamides is 1. The molecule has 134 valence electrons. The molecule has 1 aliphatic heterocycles. The van der Waals surface area contributed by atoms with Crippen LogP contribution < -0.4 is 5.32 Å². The van der Waals surface area contributed by atoms with Crippen LogP contribution in [0.4, 0.5) is 11.4 Å². The molecule has 25 heavy (non-hydrogen) atoms. The van der Waals surface area contributed by atoms with Gasteiger partial charge in [-0.15, -0.1) is 0 Å². The topological polar surface area (TPSA) is 106 Å². The second kappa shape index (κ2) is 7.24. The fourth-order valence-corrected chi connectivity index (χ4v) is 4.36. The molecular formula is C16H19N3O5S. The van der Waals surface area contributed by atoms with Crippen molar-refractivity contribution < 1.29 is 17.8 Å². The van der Waals surface area contributed by atoms with Crippen molar-refractivity contribution in [2.75, 3.05) is 25.0 Å². The van der Waals surface area contributed by atoms with Crippen molar-refractivity contribution in [2.45, 2.75) is 24.2 Å². The van der Waals surface area contributed by atoms with E-state index in [-0.39, 0.29) is 16.3 Å². The molecule has 2 heterocycles. The maximum atomic E-state index is 12.6. The van der Waals surface area contributed by atoms with Crippen LogP contribution in [0.1, 0.15) is 18.6 Å². The summed E-state index contributed by atoms with van der Waals surface area (Å²) >= 11 is 0. The molecular weight excluding hydrogens is 346 g/mol. The standard InChI is InChI=1S/C16H19N3O5S/c20-19(21)16-12-14(25(22,23)18-9-1-2-10-18)5-6-15(16)17-8-7-13-4-3-11-24-13/h3-6,11-12,17H,1-2,7-10H2. The SMILES string of the molecule is O=[N+]([O-])c1cc(S(=O)(=O)N2CCCC2)ccc1NCCc1ccco1. The van der Waals surface area contributed by atoms with Crippen LogP contribution in [0.5, 0.6) is 0 Å². The summed E-state index contributed by atoms with van der Waals surface area (Å²) in [5.41, 5.74) is 0.0386. The van der Waals surface area contributed by atoms with Crippen molar-refractivity contribution in [2.24, 2.45) is 0 Å². The first kappa shape index (κ1) is 17.4. The molecule has 9 heteroatoms. The van der Waals surface area contributed by atoms with Crippen molar-refractivity contribution in [1.82, 2.24) is 4.31 Å². The number of rotatable bonds is 7. The molecule has 0 saturated carbocycles. The lowest BCUT2D eigenvalue weighted by atomic mass is 10.2. The lowest BCUT2D eigenvalue weighted by Gasteiger charge is -2.16. The highest BCUT2D eigenvalue weighted by Gasteiger charge is 2.29. The maximum Gasteiger partial charge on any atom is 0.293 e. The number of anilines is 1. The first-order chi connectivity index (χ1) is 12.0. The van der Waals surface area contributed by atoms with Gasteiger partial charge < -0.3 is 9.73 Å². The van der Waals surface area contributed by atoms with Crippen LogP contribution in [0.2, 0.25) is 0 Å². The van der Waals surface area contributed by atoms with E-state index in [0.29, 0.717) is 26.1 Å². The van der Waals surface area contributed by atoms with E-state index >= 15 is 0 Å². The number of nitro benzene ring substituents is 1. The molecule has 0 radical (unpaired) electrons. The van der Waals surface area contributed by atoms with Gasteiger partial charge in [-0.05, 0) is 37.1 Å². The second-order valence-corrected chi connectivity index (χ2v) is 7.74. The molecule has 1 aliphatic rings. The minimum atomic E-state index is -3.68. The molecule has 1 saturated heterocycles. The summed E-state index contributed by atoms with van der Waals surface area (Å²) in [6.45, 7) is 1.35.